The first-order valence-corrected chi connectivity index (χ1v) is 10.1. The normalized spacial score (nSPS) is 11.2. The fourth-order valence-corrected chi connectivity index (χ4v) is 3.98. The summed E-state index contributed by atoms with van der Waals surface area (Å²) in [5, 5.41) is 11.1. The molecule has 0 radical (unpaired) electrons. The average Bonchev–Trinajstić information content (AvgIpc) is 3.21. The number of anilines is 1. The number of non-ortho nitro benzene ring substituents is 1. The molecular formula is C22H14F2N4O3S. The Kier molecular flexibility index (Phi) is 5.95. The molecule has 0 bridgehead atoms. The van der Waals surface area contributed by atoms with Gasteiger partial charge in [-0.15, -0.1) is 0 Å². The maximum atomic E-state index is 14.1. The minimum Gasteiger partial charge on any atom is -0.280 e. The van der Waals surface area contributed by atoms with E-state index >= 15 is 0 Å². The molecule has 0 unspecified atom stereocenters. The molecule has 32 heavy (non-hydrogen) atoms. The number of nitrogens with zero attached hydrogens (tertiary/aromatic N) is 4. The average molecular weight is 452 g/mol. The maximum absolute atomic E-state index is 14.1. The van der Waals surface area contributed by atoms with E-state index in [0.29, 0.717) is 11.1 Å². The van der Waals surface area contributed by atoms with Crippen LogP contribution in [0.25, 0.3) is 16.3 Å². The van der Waals surface area contributed by atoms with Crippen molar-refractivity contribution in [2.24, 2.45) is 0 Å². The lowest BCUT2D eigenvalue weighted by Crippen LogP contribution is -2.28. The summed E-state index contributed by atoms with van der Waals surface area (Å²) in [4.78, 5) is 33.0. The van der Waals surface area contributed by atoms with Gasteiger partial charge in [0, 0.05) is 36.7 Å². The zero-order valence-electron chi connectivity index (χ0n) is 16.3. The van der Waals surface area contributed by atoms with Crippen LogP contribution in [0.1, 0.15) is 11.1 Å². The van der Waals surface area contributed by atoms with Gasteiger partial charge in [-0.25, -0.2) is 13.8 Å². The van der Waals surface area contributed by atoms with Gasteiger partial charge in [-0.05, 0) is 29.3 Å². The SMILES string of the molecule is O=C(/C=C/c1cccc([N+](=O)[O-])c1)N(Cc1cccnc1)c1nc2c(F)cc(F)cc2s1. The standard InChI is InChI=1S/C22H14F2N4O3S/c23-16-10-18(24)21-19(11-16)32-22(26-21)27(13-15-4-2-8-25-12-15)20(29)7-6-14-3-1-5-17(9-14)28(30)31/h1-12H,13H2/b7-6+. The van der Waals surface area contributed by atoms with Gasteiger partial charge in [-0.2, -0.15) is 0 Å². The number of rotatable bonds is 6. The number of amides is 1. The molecule has 0 aliphatic rings. The van der Waals surface area contributed by atoms with Gasteiger partial charge >= 0.3 is 0 Å². The van der Waals surface area contributed by atoms with Gasteiger partial charge in [0.2, 0.25) is 0 Å². The van der Waals surface area contributed by atoms with Crippen molar-refractivity contribution in [2.45, 2.75) is 6.54 Å². The molecule has 10 heteroatoms. The molecule has 0 fully saturated rings. The Balaban J connectivity index is 1.69. The molecule has 0 N–H and O–H groups in total. The van der Waals surface area contributed by atoms with Crippen molar-refractivity contribution in [2.75, 3.05) is 4.90 Å². The number of pyridine rings is 1. The van der Waals surface area contributed by atoms with E-state index < -0.39 is 22.5 Å². The van der Waals surface area contributed by atoms with Gasteiger partial charge in [0.25, 0.3) is 11.6 Å². The van der Waals surface area contributed by atoms with Crippen molar-refractivity contribution < 1.29 is 18.5 Å². The summed E-state index contributed by atoms with van der Waals surface area (Å²) < 4.78 is 28.0. The Morgan fingerprint density at radius 2 is 2.03 bits per heavy atom. The first-order valence-electron chi connectivity index (χ1n) is 9.29. The maximum Gasteiger partial charge on any atom is 0.270 e. The predicted molar refractivity (Wildman–Crippen MR) is 117 cm³/mol. The molecule has 2 aromatic heterocycles. The minimum atomic E-state index is -0.816. The number of aromatic nitrogens is 2. The van der Waals surface area contributed by atoms with Crippen molar-refractivity contribution >= 4 is 44.4 Å². The van der Waals surface area contributed by atoms with Gasteiger partial charge in [-0.1, -0.05) is 29.5 Å². The van der Waals surface area contributed by atoms with Crippen molar-refractivity contribution in [1.82, 2.24) is 9.97 Å². The molecule has 0 aliphatic carbocycles. The highest BCUT2D eigenvalue weighted by Crippen LogP contribution is 2.32. The van der Waals surface area contributed by atoms with Crippen LogP contribution in [0.2, 0.25) is 0 Å². The first-order chi connectivity index (χ1) is 15.4. The topological polar surface area (TPSA) is 89.2 Å². The van der Waals surface area contributed by atoms with Gasteiger partial charge in [0.15, 0.2) is 10.9 Å². The third-order valence-corrected chi connectivity index (χ3v) is 5.49. The largest absolute Gasteiger partial charge is 0.280 e. The summed E-state index contributed by atoms with van der Waals surface area (Å²) in [6.45, 7) is 0.0931. The molecule has 0 saturated heterocycles. The number of nitro benzene ring substituents is 1. The number of fused-ring (bicyclic) bond motifs is 1. The smallest absolute Gasteiger partial charge is 0.270 e. The Labute approximate surface area is 184 Å². The van der Waals surface area contributed by atoms with Crippen LogP contribution in [0.4, 0.5) is 19.6 Å². The lowest BCUT2D eigenvalue weighted by atomic mass is 10.2. The number of halogens is 2. The summed E-state index contributed by atoms with van der Waals surface area (Å²) in [6, 6.07) is 11.2. The summed E-state index contributed by atoms with van der Waals surface area (Å²) >= 11 is 0.980. The van der Waals surface area contributed by atoms with Crippen LogP contribution < -0.4 is 4.90 Å². The van der Waals surface area contributed by atoms with Crippen molar-refractivity contribution in [3.8, 4) is 0 Å². The fraction of sp³-hybridized carbons (Fsp3) is 0.0455. The first kappa shape index (κ1) is 21.2. The van der Waals surface area contributed by atoms with Crippen LogP contribution in [0, 0.1) is 21.7 Å². The van der Waals surface area contributed by atoms with Gasteiger partial charge in [-0.3, -0.25) is 24.8 Å². The van der Waals surface area contributed by atoms with Crippen LogP contribution in [0.5, 0.6) is 0 Å². The molecule has 7 nitrogen and oxygen atoms in total. The van der Waals surface area contributed by atoms with E-state index in [4.69, 9.17) is 0 Å². The van der Waals surface area contributed by atoms with Crippen molar-refractivity contribution in [3.63, 3.8) is 0 Å². The molecule has 0 aliphatic heterocycles. The molecule has 4 rings (SSSR count). The third-order valence-electron chi connectivity index (χ3n) is 4.46. The van der Waals surface area contributed by atoms with Crippen LogP contribution in [0.15, 0.2) is 67.0 Å². The molecule has 2 heterocycles. The van der Waals surface area contributed by atoms with E-state index in [1.54, 1.807) is 30.6 Å². The van der Waals surface area contributed by atoms with Crippen molar-refractivity contribution in [3.05, 3.63) is 99.9 Å². The Bertz CT molecular complexity index is 1340. The summed E-state index contributed by atoms with van der Waals surface area (Å²) in [5.74, 6) is -2.04. The quantitative estimate of drug-likeness (QED) is 0.230. The fourth-order valence-electron chi connectivity index (χ4n) is 2.97. The number of benzene rings is 2. The molecular weight excluding hydrogens is 438 g/mol. The zero-order chi connectivity index (χ0) is 22.7. The van der Waals surface area contributed by atoms with E-state index in [9.17, 15) is 23.7 Å². The second kappa shape index (κ2) is 8.98. The molecule has 2 aromatic carbocycles. The number of carbonyl (C=O) groups excluding carboxylic acids is 1. The van der Waals surface area contributed by atoms with Crippen LogP contribution in [-0.2, 0) is 11.3 Å². The Morgan fingerprint density at radius 3 is 2.78 bits per heavy atom. The van der Waals surface area contributed by atoms with E-state index in [-0.39, 0.29) is 27.6 Å². The van der Waals surface area contributed by atoms with E-state index in [2.05, 4.69) is 9.97 Å². The molecule has 1 amide bonds. The summed E-state index contributed by atoms with van der Waals surface area (Å²) in [7, 11) is 0. The van der Waals surface area contributed by atoms with Crippen LogP contribution in [-0.4, -0.2) is 20.8 Å². The summed E-state index contributed by atoms with van der Waals surface area (Å²) in [5.41, 5.74) is 1.04. The molecule has 0 spiro atoms. The zero-order valence-corrected chi connectivity index (χ0v) is 17.1. The highest BCUT2D eigenvalue weighted by Gasteiger charge is 2.20. The van der Waals surface area contributed by atoms with Crippen LogP contribution in [0.3, 0.4) is 0 Å². The monoisotopic (exact) mass is 452 g/mol. The van der Waals surface area contributed by atoms with Crippen LogP contribution >= 0.6 is 11.3 Å². The third kappa shape index (κ3) is 4.65. The number of nitro groups is 1. The van der Waals surface area contributed by atoms with Gasteiger partial charge in [0.05, 0.1) is 16.2 Å². The predicted octanol–water partition coefficient (Wildman–Crippen LogP) is 5.12. The lowest BCUT2D eigenvalue weighted by molar-refractivity contribution is -0.384. The Hall–Kier alpha value is -4.05. The van der Waals surface area contributed by atoms with E-state index in [1.165, 1.54) is 35.3 Å². The van der Waals surface area contributed by atoms with Crippen molar-refractivity contribution in [1.29, 1.82) is 0 Å². The summed E-state index contributed by atoms with van der Waals surface area (Å²) in [6.07, 6.45) is 5.86. The molecule has 0 saturated carbocycles. The number of hydrogen-bond acceptors (Lipinski definition) is 6. The van der Waals surface area contributed by atoms with E-state index in [1.807, 2.05) is 0 Å². The molecule has 0 atom stereocenters. The second-order valence-electron chi connectivity index (χ2n) is 6.70. The lowest BCUT2D eigenvalue weighted by Gasteiger charge is -2.18. The Morgan fingerprint density at radius 1 is 1.19 bits per heavy atom. The minimum absolute atomic E-state index is 0.0296. The van der Waals surface area contributed by atoms with Gasteiger partial charge < -0.3 is 0 Å². The van der Waals surface area contributed by atoms with E-state index in [0.717, 1.165) is 23.5 Å². The second-order valence-corrected chi connectivity index (χ2v) is 7.71. The number of hydrogen-bond donors (Lipinski definition) is 0. The van der Waals surface area contributed by atoms with Gasteiger partial charge in [0.1, 0.15) is 11.3 Å². The molecule has 160 valence electrons. The highest BCUT2D eigenvalue weighted by molar-refractivity contribution is 7.22. The number of carbonyl (C=O) groups is 1. The number of thiazole rings is 1. The molecule has 4 aromatic rings. The highest BCUT2D eigenvalue weighted by atomic mass is 32.1.